The van der Waals surface area contributed by atoms with Crippen LogP contribution in [0.4, 0.5) is 0 Å². The van der Waals surface area contributed by atoms with Crippen LogP contribution in [-0.4, -0.2) is 54.2 Å². The molecule has 0 radical (unpaired) electrons. The second-order valence-corrected chi connectivity index (χ2v) is 5.75. The van der Waals surface area contributed by atoms with E-state index in [2.05, 4.69) is 4.74 Å². The van der Waals surface area contributed by atoms with Gasteiger partial charge in [-0.2, -0.15) is 0 Å². The van der Waals surface area contributed by atoms with Crippen LogP contribution in [0.15, 0.2) is 48.5 Å². The number of rotatable bonds is 6. The second-order valence-electron chi connectivity index (χ2n) is 5.75. The van der Waals surface area contributed by atoms with E-state index in [9.17, 15) is 19.5 Å². The van der Waals surface area contributed by atoms with Gasteiger partial charge in [-0.3, -0.25) is 14.5 Å². The number of ether oxygens (including phenoxy) is 2. The fourth-order valence-corrected chi connectivity index (χ4v) is 2.67. The van der Waals surface area contributed by atoms with E-state index in [0.29, 0.717) is 22.4 Å². The SMILES string of the molecule is COC(=O)c1ccc(OC[C@H](O)CN2C(=O)c3ccccc3C2=O)cc1. The minimum atomic E-state index is -1.04. The zero-order valence-electron chi connectivity index (χ0n) is 14.0. The van der Waals surface area contributed by atoms with Crippen molar-refractivity contribution in [3.63, 3.8) is 0 Å². The average Bonchev–Trinajstić information content (AvgIpc) is 2.91. The molecule has 2 aromatic carbocycles. The fourth-order valence-electron chi connectivity index (χ4n) is 2.67. The molecule has 1 aliphatic heterocycles. The summed E-state index contributed by atoms with van der Waals surface area (Å²) in [6.45, 7) is -0.266. The molecule has 1 aliphatic rings. The maximum Gasteiger partial charge on any atom is 0.337 e. The first-order valence-electron chi connectivity index (χ1n) is 7.95. The lowest BCUT2D eigenvalue weighted by Gasteiger charge is -2.19. The largest absolute Gasteiger partial charge is 0.491 e. The van der Waals surface area contributed by atoms with Gasteiger partial charge in [0.2, 0.25) is 0 Å². The van der Waals surface area contributed by atoms with E-state index in [-0.39, 0.29) is 13.2 Å². The van der Waals surface area contributed by atoms with Gasteiger partial charge in [0.25, 0.3) is 11.8 Å². The molecule has 0 aromatic heterocycles. The molecule has 1 atom stereocenters. The molecular weight excluding hydrogens is 338 g/mol. The number of hydrogen-bond donors (Lipinski definition) is 1. The van der Waals surface area contributed by atoms with Gasteiger partial charge in [-0.15, -0.1) is 0 Å². The summed E-state index contributed by atoms with van der Waals surface area (Å²) in [5.74, 6) is -0.861. The lowest BCUT2D eigenvalue weighted by molar-refractivity contribution is 0.0456. The van der Waals surface area contributed by atoms with E-state index >= 15 is 0 Å². The average molecular weight is 355 g/mol. The van der Waals surface area contributed by atoms with Crippen LogP contribution in [0.5, 0.6) is 5.75 Å². The van der Waals surface area contributed by atoms with Crippen molar-refractivity contribution in [1.29, 1.82) is 0 Å². The molecule has 0 aliphatic carbocycles. The first-order valence-corrected chi connectivity index (χ1v) is 7.95. The molecule has 1 N–H and O–H groups in total. The predicted molar refractivity (Wildman–Crippen MR) is 91.1 cm³/mol. The Balaban J connectivity index is 1.57. The number of esters is 1. The number of hydrogen-bond acceptors (Lipinski definition) is 6. The van der Waals surface area contributed by atoms with Crippen LogP contribution in [0.2, 0.25) is 0 Å². The molecule has 1 heterocycles. The number of methoxy groups -OCH3 is 1. The molecule has 7 nitrogen and oxygen atoms in total. The Labute approximate surface area is 149 Å². The van der Waals surface area contributed by atoms with Gasteiger partial charge in [0, 0.05) is 0 Å². The fraction of sp³-hybridized carbons (Fsp3) is 0.211. The Morgan fingerprint density at radius 2 is 1.62 bits per heavy atom. The standard InChI is InChI=1S/C19H17NO6/c1-25-19(24)12-6-8-14(9-7-12)26-11-13(21)10-20-17(22)15-4-2-3-5-16(15)18(20)23/h2-9,13,21H,10-11H2,1H3/t13-/m1/s1. The maximum absolute atomic E-state index is 12.3. The van der Waals surface area contributed by atoms with Crippen molar-refractivity contribution in [1.82, 2.24) is 4.90 Å². The molecule has 2 amide bonds. The number of fused-ring (bicyclic) bond motifs is 1. The number of aliphatic hydroxyl groups is 1. The molecule has 0 saturated carbocycles. The van der Waals surface area contributed by atoms with Crippen molar-refractivity contribution in [2.75, 3.05) is 20.3 Å². The number of β-amino-alcohol motifs (C(OH)–C–C–N with tert-alkyl or cyclic N) is 1. The predicted octanol–water partition coefficient (Wildman–Crippen LogP) is 1.51. The van der Waals surface area contributed by atoms with Crippen molar-refractivity contribution < 1.29 is 29.0 Å². The highest BCUT2D eigenvalue weighted by molar-refractivity contribution is 6.21. The number of carbonyl (C=O) groups excluding carboxylic acids is 3. The zero-order chi connectivity index (χ0) is 18.7. The van der Waals surface area contributed by atoms with Crippen molar-refractivity contribution in [3.05, 3.63) is 65.2 Å². The summed E-state index contributed by atoms with van der Waals surface area (Å²) in [5, 5.41) is 10.1. The van der Waals surface area contributed by atoms with Crippen LogP contribution >= 0.6 is 0 Å². The third-order valence-electron chi connectivity index (χ3n) is 3.99. The lowest BCUT2D eigenvalue weighted by atomic mass is 10.1. The van der Waals surface area contributed by atoms with Gasteiger partial charge < -0.3 is 14.6 Å². The van der Waals surface area contributed by atoms with Crippen molar-refractivity contribution in [2.24, 2.45) is 0 Å². The summed E-state index contributed by atoms with van der Waals surface area (Å²) in [6, 6.07) is 12.8. The van der Waals surface area contributed by atoms with E-state index in [1.54, 1.807) is 36.4 Å². The van der Waals surface area contributed by atoms with Crippen molar-refractivity contribution >= 4 is 17.8 Å². The Bertz CT molecular complexity index is 810. The van der Waals surface area contributed by atoms with Crippen LogP contribution in [-0.2, 0) is 4.74 Å². The molecule has 2 aromatic rings. The molecule has 7 heteroatoms. The minimum absolute atomic E-state index is 0.106. The summed E-state index contributed by atoms with van der Waals surface area (Å²) < 4.78 is 10.0. The summed E-state index contributed by atoms with van der Waals surface area (Å²) >= 11 is 0. The van der Waals surface area contributed by atoms with Crippen LogP contribution in [0.1, 0.15) is 31.1 Å². The summed E-state index contributed by atoms with van der Waals surface area (Å²) in [6.07, 6.45) is -1.04. The Morgan fingerprint density at radius 3 is 2.15 bits per heavy atom. The molecule has 3 rings (SSSR count). The van der Waals surface area contributed by atoms with Crippen LogP contribution in [0.3, 0.4) is 0 Å². The second kappa shape index (κ2) is 7.37. The molecule has 0 spiro atoms. The van der Waals surface area contributed by atoms with Gasteiger partial charge in [0.15, 0.2) is 0 Å². The van der Waals surface area contributed by atoms with Crippen LogP contribution < -0.4 is 4.74 Å². The minimum Gasteiger partial charge on any atom is -0.491 e. The van der Waals surface area contributed by atoms with Crippen LogP contribution in [0.25, 0.3) is 0 Å². The number of imide groups is 1. The molecule has 0 unspecified atom stereocenters. The summed E-state index contributed by atoms with van der Waals surface area (Å²) in [5.41, 5.74) is 1.06. The Kier molecular flexibility index (Phi) is 4.99. The first kappa shape index (κ1) is 17.6. The Hall–Kier alpha value is -3.19. The first-order chi connectivity index (χ1) is 12.5. The highest BCUT2D eigenvalue weighted by Crippen LogP contribution is 2.22. The molecular formula is C19H17NO6. The number of nitrogens with zero attached hydrogens (tertiary/aromatic N) is 1. The Morgan fingerprint density at radius 1 is 1.04 bits per heavy atom. The van der Waals surface area contributed by atoms with E-state index in [0.717, 1.165) is 4.90 Å². The van der Waals surface area contributed by atoms with Gasteiger partial charge in [-0.05, 0) is 36.4 Å². The van der Waals surface area contributed by atoms with Gasteiger partial charge in [0.1, 0.15) is 18.5 Å². The summed E-state index contributed by atoms with van der Waals surface area (Å²) in [4.78, 5) is 36.9. The van der Waals surface area contributed by atoms with Gasteiger partial charge >= 0.3 is 5.97 Å². The third-order valence-corrected chi connectivity index (χ3v) is 3.99. The van der Waals surface area contributed by atoms with E-state index < -0.39 is 23.9 Å². The number of carbonyl (C=O) groups is 3. The molecule has 134 valence electrons. The molecule has 0 bridgehead atoms. The van der Waals surface area contributed by atoms with E-state index in [1.165, 1.54) is 19.2 Å². The molecule has 0 fully saturated rings. The number of amides is 2. The smallest absolute Gasteiger partial charge is 0.337 e. The molecule has 0 saturated heterocycles. The summed E-state index contributed by atoms with van der Waals surface area (Å²) in [7, 11) is 1.29. The molecule has 26 heavy (non-hydrogen) atoms. The van der Waals surface area contributed by atoms with E-state index in [4.69, 9.17) is 4.74 Å². The zero-order valence-corrected chi connectivity index (χ0v) is 14.0. The lowest BCUT2D eigenvalue weighted by Crippen LogP contribution is -2.39. The third kappa shape index (κ3) is 3.43. The quantitative estimate of drug-likeness (QED) is 0.624. The van der Waals surface area contributed by atoms with Gasteiger partial charge in [-0.1, -0.05) is 12.1 Å². The normalized spacial score (nSPS) is 14.2. The highest BCUT2D eigenvalue weighted by Gasteiger charge is 2.36. The van der Waals surface area contributed by atoms with Crippen molar-refractivity contribution in [2.45, 2.75) is 6.10 Å². The van der Waals surface area contributed by atoms with Gasteiger partial charge in [-0.25, -0.2) is 4.79 Å². The number of aliphatic hydroxyl groups excluding tert-OH is 1. The van der Waals surface area contributed by atoms with Gasteiger partial charge in [0.05, 0.1) is 30.3 Å². The topological polar surface area (TPSA) is 93.1 Å². The maximum atomic E-state index is 12.3. The highest BCUT2D eigenvalue weighted by atomic mass is 16.5. The van der Waals surface area contributed by atoms with Crippen LogP contribution in [0, 0.1) is 0 Å². The number of benzene rings is 2. The van der Waals surface area contributed by atoms with E-state index in [1.807, 2.05) is 0 Å². The van der Waals surface area contributed by atoms with Crippen molar-refractivity contribution in [3.8, 4) is 5.75 Å². The monoisotopic (exact) mass is 355 g/mol.